The van der Waals surface area contributed by atoms with Crippen LogP contribution in [0.2, 0.25) is 0 Å². The van der Waals surface area contributed by atoms with Gasteiger partial charge in [0.05, 0.1) is 54.8 Å². The Hall–Kier alpha value is -4.92. The maximum Gasteiger partial charge on any atom is 1.00 e. The van der Waals surface area contributed by atoms with Crippen LogP contribution >= 0.6 is 0 Å². The van der Waals surface area contributed by atoms with E-state index < -0.39 is 90.7 Å². The van der Waals surface area contributed by atoms with Crippen LogP contribution in [0.15, 0.2) is 172 Å². The van der Waals surface area contributed by atoms with Gasteiger partial charge >= 0.3 is 118 Å². The number of carboxylic acids is 1. The zero-order valence-corrected chi connectivity index (χ0v) is 50.9. The fourth-order valence-corrected chi connectivity index (χ4v) is 9.14. The minimum absolute atomic E-state index is 0. The Balaban J connectivity index is 0.00000312. The fourth-order valence-electron chi connectivity index (χ4n) is 7.18. The van der Waals surface area contributed by atoms with Crippen LogP contribution in [-0.2, 0) is 39.9 Å². The molecule has 0 saturated heterocycles. The molecule has 0 aromatic heterocycles. The number of allylic oxidation sites excluding steroid dienone is 4. The number of carbonyl (C=O) groups is 3. The predicted molar refractivity (Wildman–Crippen MR) is 258 cm³/mol. The summed E-state index contributed by atoms with van der Waals surface area (Å²) in [6.45, 7) is 1.57. The minimum atomic E-state index is -5.53. The molecule has 0 saturated carbocycles. The van der Waals surface area contributed by atoms with E-state index in [0.29, 0.717) is 29.1 Å². The van der Waals surface area contributed by atoms with E-state index in [-0.39, 0.29) is 163 Å². The van der Waals surface area contributed by atoms with Crippen molar-refractivity contribution in [3.8, 4) is 11.1 Å². The number of aliphatic carboxylic acids is 1. The van der Waals surface area contributed by atoms with Crippen molar-refractivity contribution >= 4 is 122 Å². The first-order valence-electron chi connectivity index (χ1n) is 20.4. The molecule has 0 unspecified atom stereocenters. The van der Waals surface area contributed by atoms with Gasteiger partial charge in [-0.2, -0.15) is 15.3 Å². The number of rotatable bonds is 13. The summed E-state index contributed by atoms with van der Waals surface area (Å²) in [5, 5.41) is 35.7. The van der Waals surface area contributed by atoms with Crippen molar-refractivity contribution in [1.82, 2.24) is 0 Å². The Morgan fingerprint density at radius 2 is 1.21 bits per heavy atom. The van der Waals surface area contributed by atoms with E-state index in [1.807, 2.05) is 0 Å². The number of hydrogen-bond donors (Lipinski definition) is 4. The molecule has 76 heavy (non-hydrogen) atoms. The van der Waals surface area contributed by atoms with Gasteiger partial charge in [0, 0.05) is 21.9 Å². The number of benzene rings is 6. The first-order chi connectivity index (χ1) is 34.0. The number of anilines is 4. The molecule has 0 heterocycles. The monoisotopic (exact) mass is 1120 g/mol. The summed E-state index contributed by atoms with van der Waals surface area (Å²) in [5.74, 6) is -3.55. The molecule has 0 aliphatic heterocycles. The molecule has 2 aliphatic carbocycles. The second-order valence-electron chi connectivity index (χ2n) is 15.4. The molecule has 0 amide bonds. The molecule has 0 radical (unpaired) electrons. The van der Waals surface area contributed by atoms with Gasteiger partial charge in [-0.25, -0.2) is 25.3 Å². The van der Waals surface area contributed by atoms with Crippen molar-refractivity contribution in [2.75, 3.05) is 22.3 Å². The normalized spacial score (nSPS) is 14.5. The van der Waals surface area contributed by atoms with E-state index in [9.17, 15) is 58.4 Å². The van der Waals surface area contributed by atoms with Crippen LogP contribution in [0.25, 0.3) is 28.0 Å². The van der Waals surface area contributed by atoms with Gasteiger partial charge in [0.2, 0.25) is 5.78 Å². The summed E-state index contributed by atoms with van der Waals surface area (Å²) in [4.78, 5) is 34.0. The molecule has 30 heteroatoms. The molecule has 364 valence electrons. The van der Waals surface area contributed by atoms with Crippen LogP contribution in [0.1, 0.15) is 21.5 Å². The van der Waals surface area contributed by atoms with Gasteiger partial charge in [-0.1, -0.05) is 48.5 Å². The third-order valence-corrected chi connectivity index (χ3v) is 13.4. The fraction of sp³-hybridized carbons (Fsp3) is 0.0217. The average Bonchev–Trinajstić information content (AvgIpc) is 3.33. The molecule has 0 fully saturated rings. The third kappa shape index (κ3) is 14.2. The van der Waals surface area contributed by atoms with Crippen molar-refractivity contribution in [2.24, 2.45) is 30.7 Å². The van der Waals surface area contributed by atoms with Gasteiger partial charge in [-0.3, -0.25) is 20.4 Å². The van der Waals surface area contributed by atoms with Crippen LogP contribution in [-0.4, -0.2) is 67.9 Å². The molecular formula is C46H30N10Na4O13S3. The van der Waals surface area contributed by atoms with Crippen molar-refractivity contribution in [1.29, 1.82) is 0 Å². The van der Waals surface area contributed by atoms with Gasteiger partial charge in [0.1, 0.15) is 53.1 Å². The van der Waals surface area contributed by atoms with Gasteiger partial charge in [-0.15, -0.1) is 15.3 Å². The van der Waals surface area contributed by atoms with Gasteiger partial charge < -0.3 is 35.0 Å². The zero-order chi connectivity index (χ0) is 51.9. The second kappa shape index (κ2) is 25.7. The number of fused-ring (bicyclic) bond motifs is 2. The van der Waals surface area contributed by atoms with Crippen LogP contribution < -0.4 is 146 Å². The summed E-state index contributed by atoms with van der Waals surface area (Å²) in [6, 6.07) is 24.4. The summed E-state index contributed by atoms with van der Waals surface area (Å²) in [5.41, 5.74) is 17.6. The van der Waals surface area contributed by atoms with Gasteiger partial charge in [0.15, 0.2) is 5.78 Å². The molecular weight excluding hydrogens is 1090 g/mol. The molecule has 6 N–H and O–H groups in total. The Bertz CT molecular complexity index is 3950. The number of aryl methyl sites for hydroxylation is 1. The van der Waals surface area contributed by atoms with Crippen molar-refractivity contribution in [3.05, 3.63) is 149 Å². The molecule has 0 bridgehead atoms. The van der Waals surface area contributed by atoms with Crippen molar-refractivity contribution < 1.29 is 177 Å². The number of carbonyl (C=O) groups excluding carboxylic acids is 3. The second-order valence-corrected chi connectivity index (χ2v) is 19.5. The number of carboxylic acid groups (broad SMARTS) is 1. The number of nitrogens with two attached hydrogens (primary N) is 2. The van der Waals surface area contributed by atoms with Crippen LogP contribution in [0, 0.1) is 6.92 Å². The number of hydrogen-bond acceptors (Lipinski definition) is 23. The third-order valence-electron chi connectivity index (χ3n) is 10.8. The summed E-state index contributed by atoms with van der Waals surface area (Å²) in [7, 11) is -15.9. The molecule has 6 aromatic rings. The van der Waals surface area contributed by atoms with E-state index in [1.165, 1.54) is 36.4 Å². The first kappa shape index (κ1) is 63.6. The smallest absolute Gasteiger partial charge is 0.744 e. The topological polar surface area (TPSA) is 396 Å². The standard InChI is InChI=1S/C46H34N10O13S3.4Na/c1-23-18-36(42(48)44(41(23)47)56-50-28-12-8-25(9-13-28)24-6-10-27(11-7-24)49-51-29-14-16-37(57)33(21-29)46(59)60)54-53-35-22-32-26(19-39(35)71(64,65)66)20-40(72(67,68)69)43(45(32)58)55-52-34-15-17-38(70(61,62)63)31-5-3-2-4-30(31)34;;;;/h2-22,49,52H,47-48H2,1H3,(H,59,60)(H,61,62,63)(H,64,65,66)(H,67,68,69);;;;/q;4*+1/p-4/b51-29+,54-53?,55-43+,56-50?;;;;. The Morgan fingerprint density at radius 1 is 0.605 bits per heavy atom. The first-order valence-corrected chi connectivity index (χ1v) is 24.6. The zero-order valence-electron chi connectivity index (χ0n) is 40.5. The predicted octanol–water partition coefficient (Wildman–Crippen LogP) is -6.23. The van der Waals surface area contributed by atoms with Crippen LogP contribution in [0.5, 0.6) is 0 Å². The van der Waals surface area contributed by atoms with Gasteiger partial charge in [0.25, 0.3) is 0 Å². The molecule has 0 spiro atoms. The number of nitrogen functional groups attached to an aromatic ring is 2. The number of nitrogens with zero attached hydrogens (tertiary/aromatic N) is 6. The maximum absolute atomic E-state index is 14.0. The van der Waals surface area contributed by atoms with E-state index in [0.717, 1.165) is 41.5 Å². The van der Waals surface area contributed by atoms with Crippen molar-refractivity contribution in [3.63, 3.8) is 0 Å². The summed E-state index contributed by atoms with van der Waals surface area (Å²) in [6.07, 6.45) is 4.18. The quantitative estimate of drug-likeness (QED) is 0.0159. The molecule has 2 aliphatic rings. The maximum atomic E-state index is 14.0. The Labute approximate surface area is 521 Å². The Morgan fingerprint density at radius 3 is 1.82 bits per heavy atom. The van der Waals surface area contributed by atoms with E-state index in [4.69, 9.17) is 11.5 Å². The number of ketones is 2. The largest absolute Gasteiger partial charge is 1.00 e. The molecule has 8 rings (SSSR count). The van der Waals surface area contributed by atoms with E-state index >= 15 is 0 Å². The number of nitrogens with one attached hydrogen (secondary N) is 2. The minimum Gasteiger partial charge on any atom is -0.744 e. The van der Waals surface area contributed by atoms with Crippen LogP contribution in [0.4, 0.5) is 45.5 Å². The number of Topliss-reactive ketones (excluding diaryl/α,β-unsaturated/α-hetero) is 1. The van der Waals surface area contributed by atoms with Crippen molar-refractivity contribution in [2.45, 2.75) is 16.7 Å². The van der Waals surface area contributed by atoms with E-state index in [1.54, 1.807) is 55.5 Å². The molecule has 23 nitrogen and oxygen atoms in total. The molecule has 0 atom stereocenters. The van der Waals surface area contributed by atoms with E-state index in [2.05, 4.69) is 41.5 Å². The van der Waals surface area contributed by atoms with Crippen LogP contribution in [0.3, 0.4) is 0 Å². The summed E-state index contributed by atoms with van der Waals surface area (Å²) >= 11 is 0. The number of azo groups is 2. The molecule has 6 aromatic carbocycles. The average molecular weight is 1120 g/mol. The summed E-state index contributed by atoms with van der Waals surface area (Å²) < 4.78 is 111. The number of hydrazone groups is 2. The van der Waals surface area contributed by atoms with Gasteiger partial charge in [-0.05, 0) is 108 Å². The SMILES string of the molecule is Cc1cc(N=Nc2cc3c(cc2S(=O)(=O)[O-])C=C(S(=O)(=O)[O-])/C(=N\Nc2ccc(S(=O)(=O)[O-])c4ccccc24)C3=O)c(N)c(N=Nc2ccc(-c3ccc(N/N=C4\C=CC(=O)C(C(=O)[O-])=C4)cc3)cc2)c1N.[Na+].[Na+].[Na+].[Na+]. The Kier molecular flexibility index (Phi) is 21.5.